The summed E-state index contributed by atoms with van der Waals surface area (Å²) < 4.78 is 13.3. The molecule has 1 aliphatic carbocycles. The van der Waals surface area contributed by atoms with E-state index >= 15 is 0 Å². The van der Waals surface area contributed by atoms with E-state index in [0.29, 0.717) is 26.6 Å². The summed E-state index contributed by atoms with van der Waals surface area (Å²) in [7, 11) is 0. The van der Waals surface area contributed by atoms with Crippen molar-refractivity contribution in [2.75, 3.05) is 0 Å². The van der Waals surface area contributed by atoms with E-state index in [0.717, 1.165) is 11.3 Å². The highest BCUT2D eigenvalue weighted by atomic mass is 32.1. The molecular weight excluding hydrogens is 301 g/mol. The van der Waals surface area contributed by atoms with E-state index in [1.807, 2.05) is 0 Å². The first-order chi connectivity index (χ1) is 10.6. The van der Waals surface area contributed by atoms with Gasteiger partial charge >= 0.3 is 0 Å². The zero-order valence-electron chi connectivity index (χ0n) is 11.2. The number of ketones is 2. The number of rotatable bonds is 1. The van der Waals surface area contributed by atoms with Crippen molar-refractivity contribution in [3.05, 3.63) is 76.0 Å². The first kappa shape index (κ1) is 13.0. The summed E-state index contributed by atoms with van der Waals surface area (Å²) in [5.41, 5.74) is 1.49. The van der Waals surface area contributed by atoms with E-state index < -0.39 is 0 Å². The summed E-state index contributed by atoms with van der Waals surface area (Å²) in [6, 6.07) is 12.7. The van der Waals surface area contributed by atoms with Gasteiger partial charge in [-0.3, -0.25) is 9.59 Å². The summed E-state index contributed by atoms with van der Waals surface area (Å²) in [6.45, 7) is 0. The molecule has 3 nitrogen and oxygen atoms in total. The lowest BCUT2D eigenvalue weighted by Gasteiger charge is -2.11. The Hall–Kier alpha value is -2.66. The van der Waals surface area contributed by atoms with Gasteiger partial charge in [-0.25, -0.2) is 9.37 Å². The Bertz CT molecular complexity index is 893. The number of hydrogen-bond donors (Lipinski definition) is 0. The summed E-state index contributed by atoms with van der Waals surface area (Å²) in [5, 5.41) is 0.471. The minimum Gasteiger partial charge on any atom is -0.288 e. The Morgan fingerprint density at radius 3 is 2.36 bits per heavy atom. The summed E-state index contributed by atoms with van der Waals surface area (Å²) in [5.74, 6) is -0.846. The Morgan fingerprint density at radius 1 is 0.909 bits per heavy atom. The van der Waals surface area contributed by atoms with Crippen molar-refractivity contribution < 1.29 is 14.0 Å². The van der Waals surface area contributed by atoms with Crippen molar-refractivity contribution in [2.24, 2.45) is 0 Å². The number of carbonyl (C=O) groups is 2. The third-order valence-electron chi connectivity index (χ3n) is 3.54. The maximum absolute atomic E-state index is 13.3. The van der Waals surface area contributed by atoms with Crippen molar-refractivity contribution >= 4 is 22.9 Å². The number of hydrogen-bond acceptors (Lipinski definition) is 4. The van der Waals surface area contributed by atoms with Crippen molar-refractivity contribution in [1.29, 1.82) is 0 Å². The topological polar surface area (TPSA) is 47.0 Å². The van der Waals surface area contributed by atoms with Crippen LogP contribution in [0.25, 0.3) is 10.6 Å². The van der Waals surface area contributed by atoms with Gasteiger partial charge < -0.3 is 0 Å². The second-order valence-corrected chi connectivity index (χ2v) is 5.91. The minimum absolute atomic E-state index is 0.160. The van der Waals surface area contributed by atoms with Gasteiger partial charge in [0.25, 0.3) is 0 Å². The van der Waals surface area contributed by atoms with Gasteiger partial charge in [0.15, 0.2) is 0 Å². The van der Waals surface area contributed by atoms with Crippen LogP contribution in [0.15, 0.2) is 48.5 Å². The van der Waals surface area contributed by atoms with Gasteiger partial charge in [0.2, 0.25) is 11.6 Å². The molecule has 4 rings (SSSR count). The Kier molecular flexibility index (Phi) is 2.77. The molecule has 3 aromatic rings. The first-order valence-corrected chi connectivity index (χ1v) is 7.42. The van der Waals surface area contributed by atoms with Crippen LogP contribution >= 0.6 is 11.3 Å². The second-order valence-electron chi connectivity index (χ2n) is 4.91. The summed E-state index contributed by atoms with van der Waals surface area (Å²) >= 11 is 1.12. The molecule has 0 radical (unpaired) electrons. The maximum Gasteiger partial charge on any atom is 0.213 e. The number of aromatic nitrogens is 1. The predicted molar refractivity (Wildman–Crippen MR) is 80.8 cm³/mol. The van der Waals surface area contributed by atoms with Crippen LogP contribution in [0.3, 0.4) is 0 Å². The average molecular weight is 309 g/mol. The number of thiazole rings is 1. The van der Waals surface area contributed by atoms with Crippen LogP contribution in [0.2, 0.25) is 0 Å². The molecule has 0 fully saturated rings. The molecule has 0 atom stereocenters. The average Bonchev–Trinajstić information content (AvgIpc) is 2.98. The lowest BCUT2D eigenvalue weighted by atomic mass is 9.91. The van der Waals surface area contributed by atoms with Crippen molar-refractivity contribution in [1.82, 2.24) is 4.98 Å². The summed E-state index contributed by atoms with van der Waals surface area (Å²) in [4.78, 5) is 29.6. The van der Waals surface area contributed by atoms with E-state index in [9.17, 15) is 14.0 Å². The van der Waals surface area contributed by atoms with Crippen LogP contribution in [0.1, 0.15) is 31.3 Å². The van der Waals surface area contributed by atoms with Crippen LogP contribution < -0.4 is 0 Å². The molecule has 1 heterocycles. The molecule has 106 valence electrons. The van der Waals surface area contributed by atoms with Gasteiger partial charge in [0.1, 0.15) is 21.4 Å². The molecule has 0 saturated heterocycles. The van der Waals surface area contributed by atoms with E-state index in [4.69, 9.17) is 0 Å². The van der Waals surface area contributed by atoms with Crippen LogP contribution in [-0.2, 0) is 0 Å². The Balaban J connectivity index is 1.90. The van der Waals surface area contributed by atoms with Gasteiger partial charge in [0, 0.05) is 16.7 Å². The van der Waals surface area contributed by atoms with Crippen molar-refractivity contribution in [3.63, 3.8) is 0 Å². The SMILES string of the molecule is O=C1c2ccccc2C(=O)c2sc(-c3cccc(F)c3)nc21. The third-order valence-corrected chi connectivity index (χ3v) is 4.64. The molecular formula is C17H8FNO2S. The van der Waals surface area contributed by atoms with E-state index in [1.54, 1.807) is 36.4 Å². The molecule has 0 bridgehead atoms. The molecule has 0 unspecified atom stereocenters. The van der Waals surface area contributed by atoms with Crippen LogP contribution in [-0.4, -0.2) is 16.6 Å². The van der Waals surface area contributed by atoms with Crippen LogP contribution in [0, 0.1) is 5.82 Å². The normalized spacial score (nSPS) is 13.0. The highest BCUT2D eigenvalue weighted by Crippen LogP contribution is 2.35. The maximum atomic E-state index is 13.3. The zero-order chi connectivity index (χ0) is 15.3. The lowest BCUT2D eigenvalue weighted by Crippen LogP contribution is -2.19. The third kappa shape index (κ3) is 1.83. The molecule has 0 amide bonds. The smallest absolute Gasteiger partial charge is 0.213 e. The van der Waals surface area contributed by atoms with E-state index in [2.05, 4.69) is 4.98 Å². The highest BCUT2D eigenvalue weighted by Gasteiger charge is 2.33. The molecule has 0 saturated carbocycles. The molecule has 0 aliphatic heterocycles. The van der Waals surface area contributed by atoms with Gasteiger partial charge in [-0.05, 0) is 12.1 Å². The lowest BCUT2D eigenvalue weighted by molar-refractivity contribution is 0.0979. The Morgan fingerprint density at radius 2 is 1.64 bits per heavy atom. The number of benzene rings is 2. The van der Waals surface area contributed by atoms with E-state index in [1.165, 1.54) is 12.1 Å². The van der Waals surface area contributed by atoms with Gasteiger partial charge in [0.05, 0.1) is 0 Å². The number of fused-ring (bicyclic) bond motifs is 2. The Labute approximate surface area is 129 Å². The van der Waals surface area contributed by atoms with Gasteiger partial charge in [-0.15, -0.1) is 11.3 Å². The quantitative estimate of drug-likeness (QED) is 0.538. The number of carbonyl (C=O) groups excluding carboxylic acids is 2. The molecule has 0 N–H and O–H groups in total. The standard InChI is InChI=1S/C17H8FNO2S/c18-10-5-3-4-9(8-10)17-19-13-14(20)11-6-1-2-7-12(11)15(21)16(13)22-17/h1-8H. The van der Waals surface area contributed by atoms with Crippen molar-refractivity contribution in [2.45, 2.75) is 0 Å². The molecule has 1 aromatic heterocycles. The molecule has 2 aromatic carbocycles. The molecule has 0 spiro atoms. The van der Waals surface area contributed by atoms with E-state index in [-0.39, 0.29) is 23.1 Å². The zero-order valence-corrected chi connectivity index (χ0v) is 12.0. The fraction of sp³-hybridized carbons (Fsp3) is 0. The molecule has 22 heavy (non-hydrogen) atoms. The molecule has 1 aliphatic rings. The van der Waals surface area contributed by atoms with Crippen molar-refractivity contribution in [3.8, 4) is 10.6 Å². The highest BCUT2D eigenvalue weighted by molar-refractivity contribution is 7.17. The monoisotopic (exact) mass is 309 g/mol. The number of halogens is 1. The minimum atomic E-state index is -0.383. The van der Waals surface area contributed by atoms with Crippen LogP contribution in [0.4, 0.5) is 4.39 Å². The predicted octanol–water partition coefficient (Wildman–Crippen LogP) is 3.72. The first-order valence-electron chi connectivity index (χ1n) is 6.60. The molecule has 5 heteroatoms. The largest absolute Gasteiger partial charge is 0.288 e. The second kappa shape index (κ2) is 4.68. The summed E-state index contributed by atoms with van der Waals surface area (Å²) in [6.07, 6.45) is 0. The fourth-order valence-electron chi connectivity index (χ4n) is 2.50. The van der Waals surface area contributed by atoms with Gasteiger partial charge in [-0.1, -0.05) is 36.4 Å². The van der Waals surface area contributed by atoms with Crippen LogP contribution in [0.5, 0.6) is 0 Å². The van der Waals surface area contributed by atoms with Gasteiger partial charge in [-0.2, -0.15) is 0 Å². The fourth-order valence-corrected chi connectivity index (χ4v) is 3.51. The number of nitrogens with zero attached hydrogens (tertiary/aromatic N) is 1.